The molecule has 0 atom stereocenters. The summed E-state index contributed by atoms with van der Waals surface area (Å²) in [6.45, 7) is 1.15. The predicted molar refractivity (Wildman–Crippen MR) is 67.8 cm³/mol. The average molecular weight is 228 g/mol. The van der Waals surface area contributed by atoms with Gasteiger partial charge < -0.3 is 10.5 Å². The standard InChI is InChI=1S/C14H16N2O/c15-8-7-12-4-3-6-14(10-12)17-11-13-5-1-2-9-16-13/h1-6,9-10H,7-8,11,15H2. The Morgan fingerprint density at radius 3 is 2.82 bits per heavy atom. The molecule has 0 fully saturated rings. The van der Waals surface area contributed by atoms with Crippen molar-refractivity contribution in [2.24, 2.45) is 5.73 Å². The molecular formula is C14H16N2O. The zero-order valence-corrected chi connectivity index (χ0v) is 9.67. The minimum absolute atomic E-state index is 0.493. The van der Waals surface area contributed by atoms with Crippen molar-refractivity contribution < 1.29 is 4.74 Å². The molecule has 3 heteroatoms. The number of ether oxygens (including phenoxy) is 1. The van der Waals surface area contributed by atoms with Crippen LogP contribution in [0.25, 0.3) is 0 Å². The first-order chi connectivity index (χ1) is 8.38. The van der Waals surface area contributed by atoms with Crippen LogP contribution >= 0.6 is 0 Å². The highest BCUT2D eigenvalue weighted by molar-refractivity contribution is 5.28. The Balaban J connectivity index is 1.97. The predicted octanol–water partition coefficient (Wildman–Crippen LogP) is 2.16. The third kappa shape index (κ3) is 3.57. The van der Waals surface area contributed by atoms with Crippen LogP contribution < -0.4 is 10.5 Å². The molecule has 1 aromatic heterocycles. The fraction of sp³-hybridized carbons (Fsp3) is 0.214. The molecule has 0 amide bonds. The Kier molecular flexibility index (Phi) is 4.11. The van der Waals surface area contributed by atoms with Gasteiger partial charge in [0.15, 0.2) is 0 Å². The summed E-state index contributed by atoms with van der Waals surface area (Å²) in [7, 11) is 0. The molecule has 0 saturated heterocycles. The highest BCUT2D eigenvalue weighted by Crippen LogP contribution is 2.14. The smallest absolute Gasteiger partial charge is 0.130 e. The second-order valence-corrected chi connectivity index (χ2v) is 3.80. The van der Waals surface area contributed by atoms with Crippen LogP contribution in [0.2, 0.25) is 0 Å². The van der Waals surface area contributed by atoms with Gasteiger partial charge in [-0.3, -0.25) is 4.98 Å². The fourth-order valence-electron chi connectivity index (χ4n) is 1.60. The van der Waals surface area contributed by atoms with Gasteiger partial charge >= 0.3 is 0 Å². The molecule has 2 N–H and O–H groups in total. The minimum Gasteiger partial charge on any atom is -0.487 e. The Hall–Kier alpha value is -1.87. The van der Waals surface area contributed by atoms with E-state index < -0.39 is 0 Å². The Labute approximate surface area is 101 Å². The maximum atomic E-state index is 5.68. The van der Waals surface area contributed by atoms with E-state index in [1.807, 2.05) is 36.4 Å². The Morgan fingerprint density at radius 1 is 1.12 bits per heavy atom. The first-order valence-electron chi connectivity index (χ1n) is 5.70. The lowest BCUT2D eigenvalue weighted by atomic mass is 10.1. The summed E-state index contributed by atoms with van der Waals surface area (Å²) in [6.07, 6.45) is 2.64. The molecule has 3 nitrogen and oxygen atoms in total. The topological polar surface area (TPSA) is 48.1 Å². The minimum atomic E-state index is 0.493. The molecular weight excluding hydrogens is 212 g/mol. The van der Waals surface area contributed by atoms with Gasteiger partial charge in [0.05, 0.1) is 5.69 Å². The van der Waals surface area contributed by atoms with Crippen LogP contribution in [-0.4, -0.2) is 11.5 Å². The van der Waals surface area contributed by atoms with Gasteiger partial charge in [0.1, 0.15) is 12.4 Å². The molecule has 0 bridgehead atoms. The van der Waals surface area contributed by atoms with Gasteiger partial charge in [-0.1, -0.05) is 18.2 Å². The highest BCUT2D eigenvalue weighted by atomic mass is 16.5. The Bertz CT molecular complexity index is 457. The number of pyridine rings is 1. The van der Waals surface area contributed by atoms with Crippen molar-refractivity contribution in [1.29, 1.82) is 0 Å². The second kappa shape index (κ2) is 6.01. The quantitative estimate of drug-likeness (QED) is 0.853. The molecule has 0 unspecified atom stereocenters. The molecule has 0 spiro atoms. The number of rotatable bonds is 5. The molecule has 17 heavy (non-hydrogen) atoms. The number of hydrogen-bond donors (Lipinski definition) is 1. The summed E-state index contributed by atoms with van der Waals surface area (Å²) in [6, 6.07) is 13.8. The SMILES string of the molecule is NCCc1cccc(OCc2ccccn2)c1. The van der Waals surface area contributed by atoms with Crippen molar-refractivity contribution >= 4 is 0 Å². The molecule has 0 aliphatic rings. The summed E-state index contributed by atoms with van der Waals surface area (Å²) >= 11 is 0. The van der Waals surface area contributed by atoms with Crippen LogP contribution in [0.15, 0.2) is 48.7 Å². The van der Waals surface area contributed by atoms with Crippen LogP contribution in [-0.2, 0) is 13.0 Å². The molecule has 2 aromatic rings. The molecule has 88 valence electrons. The number of hydrogen-bond acceptors (Lipinski definition) is 3. The monoisotopic (exact) mass is 228 g/mol. The van der Waals surface area contributed by atoms with Crippen molar-refractivity contribution in [2.75, 3.05) is 6.54 Å². The van der Waals surface area contributed by atoms with Crippen molar-refractivity contribution in [1.82, 2.24) is 4.98 Å². The van der Waals surface area contributed by atoms with E-state index in [-0.39, 0.29) is 0 Å². The highest BCUT2D eigenvalue weighted by Gasteiger charge is 1.98. The number of benzene rings is 1. The van der Waals surface area contributed by atoms with Gasteiger partial charge in [0, 0.05) is 6.20 Å². The van der Waals surface area contributed by atoms with Crippen LogP contribution in [0, 0.1) is 0 Å². The first-order valence-corrected chi connectivity index (χ1v) is 5.70. The summed E-state index contributed by atoms with van der Waals surface area (Å²) in [5, 5.41) is 0. The zero-order valence-electron chi connectivity index (χ0n) is 9.67. The van der Waals surface area contributed by atoms with Gasteiger partial charge in [0.25, 0.3) is 0 Å². The van der Waals surface area contributed by atoms with E-state index in [0.717, 1.165) is 17.9 Å². The molecule has 0 saturated carbocycles. The van der Waals surface area contributed by atoms with E-state index in [0.29, 0.717) is 13.2 Å². The van der Waals surface area contributed by atoms with Crippen molar-refractivity contribution in [3.8, 4) is 5.75 Å². The summed E-state index contributed by atoms with van der Waals surface area (Å²) in [5.74, 6) is 0.863. The Morgan fingerprint density at radius 2 is 2.06 bits per heavy atom. The van der Waals surface area contributed by atoms with Crippen LogP contribution in [0.1, 0.15) is 11.3 Å². The second-order valence-electron chi connectivity index (χ2n) is 3.80. The lowest BCUT2D eigenvalue weighted by molar-refractivity contribution is 0.301. The van der Waals surface area contributed by atoms with E-state index in [4.69, 9.17) is 10.5 Å². The van der Waals surface area contributed by atoms with Gasteiger partial charge in [-0.25, -0.2) is 0 Å². The van der Waals surface area contributed by atoms with E-state index in [1.165, 1.54) is 5.56 Å². The van der Waals surface area contributed by atoms with Crippen LogP contribution in [0.3, 0.4) is 0 Å². The zero-order chi connectivity index (χ0) is 11.9. The maximum absolute atomic E-state index is 5.68. The van der Waals surface area contributed by atoms with Gasteiger partial charge in [-0.05, 0) is 42.8 Å². The fourth-order valence-corrected chi connectivity index (χ4v) is 1.60. The normalized spacial score (nSPS) is 10.2. The molecule has 0 radical (unpaired) electrons. The average Bonchev–Trinajstić information content (AvgIpc) is 2.39. The van der Waals surface area contributed by atoms with Crippen molar-refractivity contribution in [3.63, 3.8) is 0 Å². The molecule has 0 aliphatic carbocycles. The molecule has 1 heterocycles. The van der Waals surface area contributed by atoms with E-state index in [9.17, 15) is 0 Å². The summed E-state index contributed by atoms with van der Waals surface area (Å²) in [5.41, 5.74) is 7.65. The van der Waals surface area contributed by atoms with Crippen LogP contribution in [0.5, 0.6) is 5.75 Å². The third-order valence-corrected chi connectivity index (χ3v) is 2.44. The van der Waals surface area contributed by atoms with E-state index >= 15 is 0 Å². The van der Waals surface area contributed by atoms with Crippen LogP contribution in [0.4, 0.5) is 0 Å². The molecule has 0 aliphatic heterocycles. The van der Waals surface area contributed by atoms with Gasteiger partial charge in [0.2, 0.25) is 0 Å². The van der Waals surface area contributed by atoms with Crippen molar-refractivity contribution in [3.05, 3.63) is 59.9 Å². The van der Waals surface area contributed by atoms with E-state index in [1.54, 1.807) is 6.20 Å². The van der Waals surface area contributed by atoms with Gasteiger partial charge in [-0.15, -0.1) is 0 Å². The third-order valence-electron chi connectivity index (χ3n) is 2.44. The number of nitrogens with zero attached hydrogens (tertiary/aromatic N) is 1. The summed E-state index contributed by atoms with van der Waals surface area (Å²) < 4.78 is 5.68. The van der Waals surface area contributed by atoms with Gasteiger partial charge in [-0.2, -0.15) is 0 Å². The number of aromatic nitrogens is 1. The lowest BCUT2D eigenvalue weighted by Gasteiger charge is -2.07. The first kappa shape index (κ1) is 11.6. The van der Waals surface area contributed by atoms with Crippen molar-refractivity contribution in [2.45, 2.75) is 13.0 Å². The number of nitrogens with two attached hydrogens (primary N) is 1. The maximum Gasteiger partial charge on any atom is 0.130 e. The molecule has 2 rings (SSSR count). The summed E-state index contributed by atoms with van der Waals surface area (Å²) in [4.78, 5) is 4.21. The largest absolute Gasteiger partial charge is 0.487 e. The van der Waals surface area contributed by atoms with E-state index in [2.05, 4.69) is 11.1 Å². The lowest BCUT2D eigenvalue weighted by Crippen LogP contribution is -2.03. The molecule has 1 aromatic carbocycles.